The number of aromatic amines is 1. The van der Waals surface area contributed by atoms with Gasteiger partial charge in [-0.15, -0.1) is 0 Å². The summed E-state index contributed by atoms with van der Waals surface area (Å²) in [6, 6.07) is 1.08. The van der Waals surface area contributed by atoms with E-state index in [1.54, 1.807) is 0 Å². The van der Waals surface area contributed by atoms with Crippen LogP contribution in [0, 0.1) is 0 Å². The summed E-state index contributed by atoms with van der Waals surface area (Å²) in [5, 5.41) is 0. The van der Waals surface area contributed by atoms with Crippen molar-refractivity contribution in [3.8, 4) is 0 Å². The molecule has 74 valence electrons. The van der Waals surface area contributed by atoms with Gasteiger partial charge in [-0.2, -0.15) is 0 Å². The monoisotopic (exact) mass is 195 g/mol. The number of amides is 1. The molecule has 14 heavy (non-hydrogen) atoms. The molecule has 1 heterocycles. The first-order valence-corrected chi connectivity index (χ1v) is 3.88. The summed E-state index contributed by atoms with van der Waals surface area (Å²) in [6.07, 6.45) is -0.184. The van der Waals surface area contributed by atoms with Gasteiger partial charge in [0.15, 0.2) is 5.78 Å². The Morgan fingerprint density at radius 2 is 2.21 bits per heavy atom. The molecule has 0 unspecified atom stereocenters. The highest BCUT2D eigenvalue weighted by Gasteiger charge is 2.07. The Bertz CT molecular complexity index is 436. The normalized spacial score (nSPS) is 9.79. The van der Waals surface area contributed by atoms with Crippen LogP contribution in [0.5, 0.6) is 0 Å². The summed E-state index contributed by atoms with van der Waals surface area (Å²) in [5.41, 5.74) is 4.48. The minimum absolute atomic E-state index is 0.0324. The van der Waals surface area contributed by atoms with Gasteiger partial charge in [0.1, 0.15) is 11.5 Å². The second-order valence-corrected chi connectivity index (χ2v) is 2.78. The average molecular weight is 195 g/mol. The fourth-order valence-electron chi connectivity index (χ4n) is 0.937. The zero-order chi connectivity index (χ0) is 10.7. The molecule has 0 aromatic carbocycles. The SMILES string of the molecule is CC(=O)c1cc(=O)[nH]c(CC(N)=O)n1. The number of carbonyl (C=O) groups excluding carboxylic acids is 2. The van der Waals surface area contributed by atoms with Crippen molar-refractivity contribution in [3.05, 3.63) is 27.9 Å². The molecule has 1 amide bonds. The van der Waals surface area contributed by atoms with Gasteiger partial charge in [0, 0.05) is 13.0 Å². The van der Waals surface area contributed by atoms with E-state index in [0.29, 0.717) is 0 Å². The van der Waals surface area contributed by atoms with E-state index < -0.39 is 11.5 Å². The van der Waals surface area contributed by atoms with Crippen molar-refractivity contribution in [2.24, 2.45) is 5.73 Å². The van der Waals surface area contributed by atoms with Gasteiger partial charge in [0.25, 0.3) is 5.56 Å². The Morgan fingerprint density at radius 1 is 1.57 bits per heavy atom. The molecule has 0 fully saturated rings. The molecule has 1 aromatic rings. The first kappa shape index (κ1) is 10.1. The summed E-state index contributed by atoms with van der Waals surface area (Å²) >= 11 is 0. The van der Waals surface area contributed by atoms with E-state index >= 15 is 0 Å². The van der Waals surface area contributed by atoms with Crippen LogP contribution in [-0.2, 0) is 11.2 Å². The van der Waals surface area contributed by atoms with Crippen LogP contribution in [0.2, 0.25) is 0 Å². The predicted octanol–water partition coefficient (Wildman–Crippen LogP) is -1.000. The van der Waals surface area contributed by atoms with E-state index in [-0.39, 0.29) is 23.7 Å². The van der Waals surface area contributed by atoms with Gasteiger partial charge in [-0.05, 0) is 0 Å². The minimum atomic E-state index is -0.617. The minimum Gasteiger partial charge on any atom is -0.369 e. The molecule has 0 atom stereocenters. The Kier molecular flexibility index (Phi) is 2.76. The summed E-state index contributed by atoms with van der Waals surface area (Å²) in [5.74, 6) is -0.842. The fraction of sp³-hybridized carbons (Fsp3) is 0.250. The number of primary amides is 1. The van der Waals surface area contributed by atoms with E-state index in [1.165, 1.54) is 6.92 Å². The molecule has 0 bridgehead atoms. The molecule has 6 nitrogen and oxygen atoms in total. The Morgan fingerprint density at radius 3 is 2.71 bits per heavy atom. The molecule has 0 spiro atoms. The quantitative estimate of drug-likeness (QED) is 0.603. The van der Waals surface area contributed by atoms with Crippen LogP contribution in [0.15, 0.2) is 10.9 Å². The third kappa shape index (κ3) is 2.51. The molecule has 0 saturated carbocycles. The molecule has 1 aromatic heterocycles. The smallest absolute Gasteiger partial charge is 0.251 e. The van der Waals surface area contributed by atoms with Gasteiger partial charge < -0.3 is 10.7 Å². The number of hydrogen-bond donors (Lipinski definition) is 2. The van der Waals surface area contributed by atoms with E-state index in [2.05, 4.69) is 9.97 Å². The molecule has 0 aliphatic rings. The lowest BCUT2D eigenvalue weighted by molar-refractivity contribution is -0.117. The summed E-state index contributed by atoms with van der Waals surface area (Å²) < 4.78 is 0. The van der Waals surface area contributed by atoms with Crippen LogP contribution >= 0.6 is 0 Å². The van der Waals surface area contributed by atoms with Crippen molar-refractivity contribution in [2.45, 2.75) is 13.3 Å². The van der Waals surface area contributed by atoms with E-state index in [1.807, 2.05) is 0 Å². The second-order valence-electron chi connectivity index (χ2n) is 2.78. The molecular weight excluding hydrogens is 186 g/mol. The molecule has 1 rings (SSSR count). The van der Waals surface area contributed by atoms with Gasteiger partial charge in [0.2, 0.25) is 5.91 Å². The molecule has 0 aliphatic heterocycles. The van der Waals surface area contributed by atoms with Crippen molar-refractivity contribution in [2.75, 3.05) is 0 Å². The van der Waals surface area contributed by atoms with Crippen LogP contribution in [0.3, 0.4) is 0 Å². The number of nitrogens with one attached hydrogen (secondary N) is 1. The molecular formula is C8H9N3O3. The molecule has 3 N–H and O–H groups in total. The highest BCUT2D eigenvalue weighted by Crippen LogP contribution is 1.93. The molecule has 0 saturated heterocycles. The third-order valence-corrected chi connectivity index (χ3v) is 1.49. The molecule has 6 heteroatoms. The maximum absolute atomic E-state index is 11.0. The number of hydrogen-bond acceptors (Lipinski definition) is 4. The lowest BCUT2D eigenvalue weighted by Crippen LogP contribution is -2.21. The van der Waals surface area contributed by atoms with Crippen LogP contribution in [-0.4, -0.2) is 21.7 Å². The first-order valence-electron chi connectivity index (χ1n) is 3.88. The van der Waals surface area contributed by atoms with Gasteiger partial charge in [0.05, 0.1) is 6.42 Å². The highest BCUT2D eigenvalue weighted by molar-refractivity contribution is 5.92. The van der Waals surface area contributed by atoms with Crippen LogP contribution in [0.25, 0.3) is 0 Å². The van der Waals surface area contributed by atoms with Crippen LogP contribution in [0.4, 0.5) is 0 Å². The number of nitrogens with zero attached hydrogens (tertiary/aromatic N) is 1. The number of ketones is 1. The van der Waals surface area contributed by atoms with Crippen LogP contribution < -0.4 is 11.3 Å². The number of carbonyl (C=O) groups is 2. The lowest BCUT2D eigenvalue weighted by atomic mass is 10.3. The Hall–Kier alpha value is -1.98. The largest absolute Gasteiger partial charge is 0.369 e. The van der Waals surface area contributed by atoms with Crippen molar-refractivity contribution in [1.82, 2.24) is 9.97 Å². The number of nitrogens with two attached hydrogens (primary N) is 1. The van der Waals surface area contributed by atoms with E-state index in [9.17, 15) is 14.4 Å². The van der Waals surface area contributed by atoms with Crippen LogP contribution in [0.1, 0.15) is 23.2 Å². The predicted molar refractivity (Wildman–Crippen MR) is 47.8 cm³/mol. The number of H-pyrrole nitrogens is 1. The van der Waals surface area contributed by atoms with Crippen molar-refractivity contribution in [3.63, 3.8) is 0 Å². The zero-order valence-corrected chi connectivity index (χ0v) is 7.53. The van der Waals surface area contributed by atoms with Gasteiger partial charge >= 0.3 is 0 Å². The lowest BCUT2D eigenvalue weighted by Gasteiger charge is -1.98. The van der Waals surface area contributed by atoms with Gasteiger partial charge in [-0.3, -0.25) is 14.4 Å². The van der Waals surface area contributed by atoms with Crippen molar-refractivity contribution < 1.29 is 9.59 Å². The van der Waals surface area contributed by atoms with E-state index in [4.69, 9.17) is 5.73 Å². The summed E-state index contributed by atoms with van der Waals surface area (Å²) in [6.45, 7) is 1.29. The first-order chi connectivity index (χ1) is 6.49. The van der Waals surface area contributed by atoms with E-state index in [0.717, 1.165) is 6.07 Å². The number of rotatable bonds is 3. The number of aromatic nitrogens is 2. The topological polar surface area (TPSA) is 106 Å². The standard InChI is InChI=1S/C8H9N3O3/c1-4(12)5-2-8(14)11-7(10-5)3-6(9)13/h2H,3H2,1H3,(H2,9,13)(H,10,11,14). The molecule has 0 aliphatic carbocycles. The van der Waals surface area contributed by atoms with Crippen molar-refractivity contribution >= 4 is 11.7 Å². The van der Waals surface area contributed by atoms with Gasteiger partial charge in [-0.1, -0.05) is 0 Å². The fourth-order valence-corrected chi connectivity index (χ4v) is 0.937. The van der Waals surface area contributed by atoms with Gasteiger partial charge in [-0.25, -0.2) is 4.98 Å². The highest BCUT2D eigenvalue weighted by atomic mass is 16.1. The summed E-state index contributed by atoms with van der Waals surface area (Å²) in [4.78, 5) is 38.5. The second kappa shape index (κ2) is 3.82. The Labute approximate surface area is 79.2 Å². The third-order valence-electron chi connectivity index (χ3n) is 1.49. The van der Waals surface area contributed by atoms with Crippen molar-refractivity contribution in [1.29, 1.82) is 0 Å². The summed E-state index contributed by atoms with van der Waals surface area (Å²) in [7, 11) is 0. The maximum Gasteiger partial charge on any atom is 0.251 e. The Balaban J connectivity index is 3.13. The zero-order valence-electron chi connectivity index (χ0n) is 7.53. The molecule has 0 radical (unpaired) electrons. The maximum atomic E-state index is 11.0. The number of Topliss-reactive ketones (excluding diaryl/α,β-unsaturated/α-hetero) is 1. The average Bonchev–Trinajstić information content (AvgIpc) is 2.01.